The van der Waals surface area contributed by atoms with Crippen LogP contribution in [0.4, 0.5) is 0 Å². The third kappa shape index (κ3) is 16.5. The van der Waals surface area contributed by atoms with Crippen molar-refractivity contribution in [3.05, 3.63) is 118 Å². The molecular formula is C30H30O8Pd2. The molecule has 0 aliphatic heterocycles. The molecule has 0 unspecified atom stereocenters. The second-order valence-corrected chi connectivity index (χ2v) is 7.95. The molecule has 0 aliphatic carbocycles. The number of rotatable bonds is 7. The molecule has 0 radical (unpaired) electrons. The van der Waals surface area contributed by atoms with Crippen molar-refractivity contribution in [1.82, 2.24) is 0 Å². The van der Waals surface area contributed by atoms with Gasteiger partial charge in [0.2, 0.25) is 0 Å². The number of allylic oxidation sites excluding steroid dienone is 8. The van der Waals surface area contributed by atoms with Gasteiger partial charge in [0.25, 0.3) is 0 Å². The van der Waals surface area contributed by atoms with Crippen LogP contribution < -0.4 is 20.4 Å². The largest absolute Gasteiger partial charge is 2.00 e. The summed E-state index contributed by atoms with van der Waals surface area (Å²) >= 11 is 0. The molecule has 40 heavy (non-hydrogen) atoms. The van der Waals surface area contributed by atoms with Gasteiger partial charge in [-0.25, -0.2) is 0 Å². The number of ketones is 4. The van der Waals surface area contributed by atoms with Crippen LogP contribution >= 0.6 is 0 Å². The molecule has 0 aromatic heterocycles. The van der Waals surface area contributed by atoms with Crippen molar-refractivity contribution in [2.45, 2.75) is 41.5 Å². The third-order valence-corrected chi connectivity index (χ3v) is 4.44. The first-order valence-electron chi connectivity index (χ1n) is 11.4. The summed E-state index contributed by atoms with van der Waals surface area (Å²) in [5.74, 6) is -3.13. The fraction of sp³-hybridized carbons (Fsp3) is 0.200. The Kier molecular flexibility index (Phi) is 22.0. The van der Waals surface area contributed by atoms with Crippen molar-refractivity contribution < 1.29 is 80.4 Å². The van der Waals surface area contributed by atoms with Crippen LogP contribution in [0, 0.1) is 0 Å². The van der Waals surface area contributed by atoms with Crippen molar-refractivity contribution >= 4 is 23.1 Å². The molecule has 0 heterocycles. The van der Waals surface area contributed by atoms with Crippen molar-refractivity contribution in [3.8, 4) is 0 Å². The van der Waals surface area contributed by atoms with Crippen molar-refractivity contribution in [2.24, 2.45) is 0 Å². The average molecular weight is 731 g/mol. The molecule has 0 atom stereocenters. The predicted molar refractivity (Wildman–Crippen MR) is 136 cm³/mol. The predicted octanol–water partition coefficient (Wildman–Crippen LogP) is 1.69. The maximum Gasteiger partial charge on any atom is 2.00 e. The Morgan fingerprint density at radius 2 is 0.750 bits per heavy atom. The van der Waals surface area contributed by atoms with Crippen molar-refractivity contribution in [3.63, 3.8) is 0 Å². The fourth-order valence-electron chi connectivity index (χ4n) is 2.94. The number of hydrogen-bond donors (Lipinski definition) is 0. The second kappa shape index (κ2) is 21.4. The maximum absolute atomic E-state index is 11.2. The molecule has 0 spiro atoms. The van der Waals surface area contributed by atoms with Gasteiger partial charge in [-0.1, -0.05) is 88.4 Å². The first-order chi connectivity index (χ1) is 17.7. The van der Waals surface area contributed by atoms with Crippen LogP contribution in [-0.4, -0.2) is 23.1 Å². The van der Waals surface area contributed by atoms with E-state index >= 15 is 0 Å². The summed E-state index contributed by atoms with van der Waals surface area (Å²) in [6, 6.07) is 17.4. The molecule has 8 nitrogen and oxygen atoms in total. The van der Waals surface area contributed by atoms with E-state index in [4.69, 9.17) is 0 Å². The molecule has 0 aliphatic rings. The monoisotopic (exact) mass is 730 g/mol. The molecule has 0 bridgehead atoms. The minimum absolute atomic E-state index is 0. The van der Waals surface area contributed by atoms with Gasteiger partial charge in [-0.2, -0.15) is 0 Å². The molecule has 0 fully saturated rings. The van der Waals surface area contributed by atoms with Gasteiger partial charge in [-0.3, -0.25) is 19.2 Å². The van der Waals surface area contributed by atoms with E-state index in [-0.39, 0.29) is 75.1 Å². The normalized spacial score (nSPS) is 11.8. The molecule has 0 saturated carbocycles. The zero-order chi connectivity index (χ0) is 29.4. The van der Waals surface area contributed by atoms with Gasteiger partial charge in [-0.15, -0.1) is 23.0 Å². The Labute approximate surface area is 262 Å². The van der Waals surface area contributed by atoms with E-state index in [1.807, 2.05) is 12.1 Å². The van der Waals surface area contributed by atoms with Gasteiger partial charge in [0, 0.05) is 22.3 Å². The molecule has 2 rings (SSSR count). The van der Waals surface area contributed by atoms with Crippen LogP contribution in [0.2, 0.25) is 0 Å². The van der Waals surface area contributed by atoms with Gasteiger partial charge in [0.05, 0.1) is 0 Å². The van der Waals surface area contributed by atoms with Crippen molar-refractivity contribution in [2.75, 3.05) is 0 Å². The zero-order valence-electron chi connectivity index (χ0n) is 22.8. The Morgan fingerprint density at radius 1 is 0.500 bits per heavy atom. The SMILES string of the molecule is C/C([O-])=C/C(=O)c1ccccc1.C/C([O-])=C/C(=O)c1ccccc1.CC(=O)C(=C(/C)[O-])/C(C(C)=O)=C(\C)[O-].[Pd+2].[Pd+2]. The number of carbonyl (C=O) groups is 4. The molecule has 0 saturated heterocycles. The van der Waals surface area contributed by atoms with Crippen LogP contribution in [0.25, 0.3) is 0 Å². The van der Waals surface area contributed by atoms with Crippen LogP contribution in [0.15, 0.2) is 107 Å². The zero-order valence-corrected chi connectivity index (χ0v) is 25.9. The third-order valence-electron chi connectivity index (χ3n) is 4.44. The number of benzene rings is 2. The topological polar surface area (TPSA) is 161 Å². The van der Waals surface area contributed by atoms with E-state index in [0.29, 0.717) is 11.1 Å². The maximum atomic E-state index is 11.2. The smallest absolute Gasteiger partial charge is 0.876 e. The summed E-state index contributed by atoms with van der Waals surface area (Å²) in [5, 5.41) is 43.2. The Morgan fingerprint density at radius 3 is 0.925 bits per heavy atom. The first kappa shape index (κ1) is 41.1. The van der Waals surface area contributed by atoms with Crippen LogP contribution in [0.1, 0.15) is 62.3 Å². The Hall–Kier alpha value is -3.40. The molecule has 218 valence electrons. The molecule has 0 N–H and O–H groups in total. The summed E-state index contributed by atoms with van der Waals surface area (Å²) in [5.41, 5.74) is 0.496. The average Bonchev–Trinajstić information content (AvgIpc) is 2.82. The van der Waals surface area contributed by atoms with E-state index in [1.165, 1.54) is 13.8 Å². The summed E-state index contributed by atoms with van der Waals surface area (Å²) in [6.07, 6.45) is 2.19. The van der Waals surface area contributed by atoms with Crippen LogP contribution in [0.3, 0.4) is 0 Å². The summed E-state index contributed by atoms with van der Waals surface area (Å²) in [4.78, 5) is 44.5. The summed E-state index contributed by atoms with van der Waals surface area (Å²) in [6.45, 7) is 7.35. The molecule has 10 heteroatoms. The van der Waals surface area contributed by atoms with Crippen LogP contribution in [0.5, 0.6) is 0 Å². The van der Waals surface area contributed by atoms with Gasteiger partial charge >= 0.3 is 40.8 Å². The van der Waals surface area contributed by atoms with Gasteiger partial charge in [0.1, 0.15) is 0 Å². The number of hydrogen-bond acceptors (Lipinski definition) is 8. The molecular weight excluding hydrogens is 701 g/mol. The summed E-state index contributed by atoms with van der Waals surface area (Å²) in [7, 11) is 0. The number of carbonyl (C=O) groups excluding carboxylic acids is 4. The standard InChI is InChI=1S/C10H14O4.2C10H10O2.2Pd/c1-5(11)9(6(2)12)10(7(3)13)8(4)14;2*1-8(11)7-10(12)9-5-3-2-4-6-9;;/h11,13H,1-4H3;2*2-7,11H,1H3;;/q;;;2*+2/p-4/b9-5+,10-7+;2*8-7-;;. The minimum atomic E-state index is -0.557. The number of Topliss-reactive ketones (excluding diaryl/α,β-unsaturated/α-hetero) is 2. The van der Waals surface area contributed by atoms with E-state index < -0.39 is 23.1 Å². The first-order valence-corrected chi connectivity index (χ1v) is 11.4. The van der Waals surface area contributed by atoms with E-state index in [2.05, 4.69) is 0 Å². The van der Waals surface area contributed by atoms with E-state index in [9.17, 15) is 39.6 Å². The quantitative estimate of drug-likeness (QED) is 0.137. The molecule has 2 aromatic rings. The minimum Gasteiger partial charge on any atom is -0.876 e. The fourth-order valence-corrected chi connectivity index (χ4v) is 2.94. The van der Waals surface area contributed by atoms with E-state index in [1.54, 1.807) is 48.5 Å². The Balaban J connectivity index is -0.000000502. The Bertz CT molecular complexity index is 1140. The summed E-state index contributed by atoms with van der Waals surface area (Å²) < 4.78 is 0. The molecule has 2 aromatic carbocycles. The van der Waals surface area contributed by atoms with Gasteiger partial charge in [0.15, 0.2) is 23.1 Å². The van der Waals surface area contributed by atoms with E-state index in [0.717, 1.165) is 39.8 Å². The van der Waals surface area contributed by atoms with Gasteiger partial charge < -0.3 is 20.4 Å². The molecule has 0 amide bonds. The van der Waals surface area contributed by atoms with Crippen LogP contribution in [-0.2, 0) is 50.4 Å². The van der Waals surface area contributed by atoms with Crippen molar-refractivity contribution in [1.29, 1.82) is 0 Å². The second-order valence-electron chi connectivity index (χ2n) is 7.95. The van der Waals surface area contributed by atoms with Gasteiger partial charge in [-0.05, 0) is 26.0 Å².